The summed E-state index contributed by atoms with van der Waals surface area (Å²) in [6.45, 7) is 0. The Morgan fingerprint density at radius 2 is 2.06 bits per heavy atom. The van der Waals surface area contributed by atoms with Crippen LogP contribution in [0.5, 0.6) is 0 Å². The summed E-state index contributed by atoms with van der Waals surface area (Å²) >= 11 is 12.5. The molecular formula is C9H7Cl2N3O2S2. The fourth-order valence-electron chi connectivity index (χ4n) is 1.17. The quantitative estimate of drug-likeness (QED) is 0.909. The molecule has 0 atom stereocenters. The van der Waals surface area contributed by atoms with E-state index in [0.717, 1.165) is 11.3 Å². The van der Waals surface area contributed by atoms with Gasteiger partial charge in [-0.05, 0) is 18.2 Å². The zero-order valence-corrected chi connectivity index (χ0v) is 11.9. The number of hydrogen-bond donors (Lipinski definition) is 2. The second-order valence-corrected chi connectivity index (χ2v) is 7.21. The highest BCUT2D eigenvalue weighted by Gasteiger charge is 2.21. The number of nitrogen functional groups attached to an aromatic ring is 1. The first-order valence-electron chi connectivity index (χ1n) is 4.57. The lowest BCUT2D eigenvalue weighted by Crippen LogP contribution is -2.13. The first-order valence-corrected chi connectivity index (χ1v) is 7.63. The van der Waals surface area contributed by atoms with Gasteiger partial charge in [0.2, 0.25) is 0 Å². The second-order valence-electron chi connectivity index (χ2n) is 3.27. The normalized spacial score (nSPS) is 11.4. The molecule has 9 heteroatoms. The van der Waals surface area contributed by atoms with Crippen molar-refractivity contribution in [1.29, 1.82) is 0 Å². The van der Waals surface area contributed by atoms with Crippen LogP contribution in [0.4, 0.5) is 11.5 Å². The van der Waals surface area contributed by atoms with Crippen LogP contribution in [-0.2, 0) is 10.0 Å². The molecular weight excluding hydrogens is 317 g/mol. The number of nitrogens with zero attached hydrogens (tertiary/aromatic N) is 1. The molecule has 0 saturated heterocycles. The van der Waals surface area contributed by atoms with Crippen LogP contribution < -0.4 is 10.5 Å². The molecule has 3 N–H and O–H groups in total. The summed E-state index contributed by atoms with van der Waals surface area (Å²) < 4.78 is 26.7. The average molecular weight is 324 g/mol. The number of nitrogens with two attached hydrogens (primary N) is 1. The molecule has 0 radical (unpaired) electrons. The predicted octanol–water partition coefficient (Wildman–Crippen LogP) is 2.83. The van der Waals surface area contributed by atoms with E-state index < -0.39 is 10.0 Å². The van der Waals surface area contributed by atoms with Crippen molar-refractivity contribution in [3.05, 3.63) is 33.1 Å². The van der Waals surface area contributed by atoms with Crippen molar-refractivity contribution in [1.82, 2.24) is 4.98 Å². The summed E-state index contributed by atoms with van der Waals surface area (Å²) in [5.41, 5.74) is 5.89. The van der Waals surface area contributed by atoms with Crippen molar-refractivity contribution in [3.63, 3.8) is 0 Å². The van der Waals surface area contributed by atoms with E-state index in [1.54, 1.807) is 0 Å². The van der Waals surface area contributed by atoms with Gasteiger partial charge in [0.25, 0.3) is 10.0 Å². The lowest BCUT2D eigenvalue weighted by atomic mass is 10.4. The van der Waals surface area contributed by atoms with Gasteiger partial charge in [0.15, 0.2) is 0 Å². The molecule has 0 aliphatic carbocycles. The third-order valence-electron chi connectivity index (χ3n) is 1.94. The summed E-state index contributed by atoms with van der Waals surface area (Å²) in [6, 6.07) is 4.27. The van der Waals surface area contributed by atoms with Crippen LogP contribution in [0.15, 0.2) is 29.3 Å². The highest BCUT2D eigenvalue weighted by atomic mass is 35.5. The van der Waals surface area contributed by atoms with Gasteiger partial charge in [-0.15, -0.1) is 11.3 Å². The predicted molar refractivity (Wildman–Crippen MR) is 73.8 cm³/mol. The number of hydrogen-bond acceptors (Lipinski definition) is 5. The lowest BCUT2D eigenvalue weighted by molar-refractivity contribution is 0.601. The van der Waals surface area contributed by atoms with E-state index in [9.17, 15) is 8.42 Å². The number of rotatable bonds is 3. The highest BCUT2D eigenvalue weighted by Crippen LogP contribution is 2.34. The standard InChI is InChI=1S/C9H7Cl2N3O2S2/c10-7-3-6(9(11)17-7)18(15,16)14-8-2-1-5(12)4-13-8/h1-4H,12H2,(H,13,14). The summed E-state index contributed by atoms with van der Waals surface area (Å²) in [5, 5.41) is 0. The first-order chi connectivity index (χ1) is 8.38. The fraction of sp³-hybridized carbons (Fsp3) is 0. The molecule has 0 aliphatic heterocycles. The van der Waals surface area contributed by atoms with Crippen molar-refractivity contribution in [3.8, 4) is 0 Å². The van der Waals surface area contributed by atoms with Crippen molar-refractivity contribution >= 4 is 56.1 Å². The van der Waals surface area contributed by atoms with Crippen LogP contribution in [0.1, 0.15) is 0 Å². The van der Waals surface area contributed by atoms with Gasteiger partial charge in [0.05, 0.1) is 16.2 Å². The van der Waals surface area contributed by atoms with Crippen LogP contribution in [0, 0.1) is 0 Å². The maximum absolute atomic E-state index is 12.0. The van der Waals surface area contributed by atoms with E-state index in [4.69, 9.17) is 28.9 Å². The zero-order chi connectivity index (χ0) is 13.3. The molecule has 2 rings (SSSR count). The third kappa shape index (κ3) is 2.86. The van der Waals surface area contributed by atoms with E-state index in [2.05, 4.69) is 9.71 Å². The number of aromatic nitrogens is 1. The van der Waals surface area contributed by atoms with Gasteiger partial charge in [-0.2, -0.15) is 0 Å². The molecule has 2 aromatic rings. The Bertz CT molecular complexity index is 668. The molecule has 2 aromatic heterocycles. The van der Waals surface area contributed by atoms with Crippen molar-refractivity contribution in [2.75, 3.05) is 10.5 Å². The van der Waals surface area contributed by atoms with Crippen LogP contribution in [-0.4, -0.2) is 13.4 Å². The monoisotopic (exact) mass is 323 g/mol. The van der Waals surface area contributed by atoms with Crippen LogP contribution in [0.25, 0.3) is 0 Å². The molecule has 0 aliphatic rings. The van der Waals surface area contributed by atoms with Gasteiger partial charge in [-0.1, -0.05) is 23.2 Å². The number of thiophene rings is 1. The minimum absolute atomic E-state index is 0.0715. The van der Waals surface area contributed by atoms with Gasteiger partial charge < -0.3 is 5.73 Å². The Labute approximate surface area is 118 Å². The Hall–Kier alpha value is -1.02. The fourth-order valence-corrected chi connectivity index (χ4v) is 4.33. The summed E-state index contributed by atoms with van der Waals surface area (Å²) in [6.07, 6.45) is 1.35. The number of halogens is 2. The summed E-state index contributed by atoms with van der Waals surface area (Å²) in [4.78, 5) is 3.77. The van der Waals surface area contributed by atoms with Gasteiger partial charge in [-0.25, -0.2) is 13.4 Å². The average Bonchev–Trinajstić information content (AvgIpc) is 2.62. The minimum Gasteiger partial charge on any atom is -0.397 e. The number of anilines is 2. The van der Waals surface area contributed by atoms with E-state index in [0.29, 0.717) is 10.0 Å². The molecule has 0 fully saturated rings. The highest BCUT2D eigenvalue weighted by molar-refractivity contribution is 7.93. The maximum atomic E-state index is 12.0. The van der Waals surface area contributed by atoms with Crippen LogP contribution >= 0.6 is 34.5 Å². The Balaban J connectivity index is 2.33. The van der Waals surface area contributed by atoms with E-state index >= 15 is 0 Å². The molecule has 18 heavy (non-hydrogen) atoms. The van der Waals surface area contributed by atoms with E-state index in [-0.39, 0.29) is 15.0 Å². The van der Waals surface area contributed by atoms with E-state index in [1.807, 2.05) is 0 Å². The smallest absolute Gasteiger partial charge is 0.265 e. The van der Waals surface area contributed by atoms with Crippen molar-refractivity contribution in [2.45, 2.75) is 4.90 Å². The summed E-state index contributed by atoms with van der Waals surface area (Å²) in [7, 11) is -3.80. The van der Waals surface area contributed by atoms with Gasteiger partial charge in [0.1, 0.15) is 15.0 Å². The first kappa shape index (κ1) is 13.4. The minimum atomic E-state index is -3.80. The summed E-state index contributed by atoms with van der Waals surface area (Å²) in [5.74, 6) is 0.155. The molecule has 0 bridgehead atoms. The number of sulfonamides is 1. The van der Waals surface area contributed by atoms with Gasteiger partial charge in [-0.3, -0.25) is 4.72 Å². The second kappa shape index (κ2) is 4.93. The van der Waals surface area contributed by atoms with Gasteiger partial charge >= 0.3 is 0 Å². The molecule has 5 nitrogen and oxygen atoms in total. The third-order valence-corrected chi connectivity index (χ3v) is 5.05. The van der Waals surface area contributed by atoms with Gasteiger partial charge in [0, 0.05) is 0 Å². The molecule has 0 aromatic carbocycles. The molecule has 0 spiro atoms. The maximum Gasteiger partial charge on any atom is 0.265 e. The lowest BCUT2D eigenvalue weighted by Gasteiger charge is -2.06. The molecule has 2 heterocycles. The topological polar surface area (TPSA) is 85.1 Å². The Morgan fingerprint density at radius 1 is 1.33 bits per heavy atom. The van der Waals surface area contributed by atoms with Crippen molar-refractivity contribution in [2.24, 2.45) is 0 Å². The van der Waals surface area contributed by atoms with Crippen LogP contribution in [0.3, 0.4) is 0 Å². The van der Waals surface area contributed by atoms with E-state index in [1.165, 1.54) is 24.4 Å². The number of nitrogens with one attached hydrogen (secondary N) is 1. The Morgan fingerprint density at radius 3 is 2.56 bits per heavy atom. The zero-order valence-electron chi connectivity index (χ0n) is 8.72. The van der Waals surface area contributed by atoms with Crippen LogP contribution in [0.2, 0.25) is 8.67 Å². The Kier molecular flexibility index (Phi) is 3.67. The largest absolute Gasteiger partial charge is 0.397 e. The molecule has 0 amide bonds. The SMILES string of the molecule is Nc1ccc(NS(=O)(=O)c2cc(Cl)sc2Cl)nc1. The number of pyridine rings is 1. The molecule has 0 saturated carbocycles. The molecule has 0 unspecified atom stereocenters. The molecule has 96 valence electrons. The van der Waals surface area contributed by atoms with Crippen molar-refractivity contribution < 1.29 is 8.42 Å².